The first kappa shape index (κ1) is 16.9. The van der Waals surface area contributed by atoms with Gasteiger partial charge < -0.3 is 5.32 Å². The second kappa shape index (κ2) is 6.61. The lowest BCUT2D eigenvalue weighted by molar-refractivity contribution is 0.0953. The Hall–Kier alpha value is -2.59. The van der Waals surface area contributed by atoms with Crippen LogP contribution in [0.15, 0.2) is 48.5 Å². The quantitative estimate of drug-likeness (QED) is 0.681. The molecule has 1 atom stereocenters. The molecule has 1 heterocycles. The second-order valence-corrected chi connectivity index (χ2v) is 7.30. The number of para-hydroxylation sites is 1. The Labute approximate surface area is 157 Å². The predicted molar refractivity (Wildman–Crippen MR) is 105 cm³/mol. The number of nitrogens with zero attached hydrogens (tertiary/aromatic N) is 2. The lowest BCUT2D eigenvalue weighted by atomic mass is 9.87. The summed E-state index contributed by atoms with van der Waals surface area (Å²) in [6.07, 6.45) is 1.38. The van der Waals surface area contributed by atoms with Crippen LogP contribution in [-0.2, 0) is 6.42 Å². The van der Waals surface area contributed by atoms with Crippen LogP contribution in [0.3, 0.4) is 0 Å². The standard InChI is InChI=1S/C21H20ClN3O/c1-13-11-18-20(19(26)12-13)21(23-17-10-6-9-16(22)14(17)2)24-25(18)15-7-4-3-5-8-15/h3-10,13H,11-12H2,1-2H3,(H,23,24). The fourth-order valence-corrected chi connectivity index (χ4v) is 3.67. The molecule has 0 fully saturated rings. The summed E-state index contributed by atoms with van der Waals surface area (Å²) in [6.45, 7) is 4.06. The summed E-state index contributed by atoms with van der Waals surface area (Å²) in [6, 6.07) is 15.6. The minimum absolute atomic E-state index is 0.142. The molecule has 0 bridgehead atoms. The smallest absolute Gasteiger partial charge is 0.168 e. The van der Waals surface area contributed by atoms with Crippen molar-refractivity contribution in [3.63, 3.8) is 0 Å². The molecule has 0 amide bonds. The van der Waals surface area contributed by atoms with Crippen LogP contribution in [0.4, 0.5) is 11.5 Å². The minimum atomic E-state index is 0.142. The van der Waals surface area contributed by atoms with Crippen molar-refractivity contribution < 1.29 is 4.79 Å². The van der Waals surface area contributed by atoms with Crippen molar-refractivity contribution in [2.45, 2.75) is 26.7 Å². The number of carbonyl (C=O) groups is 1. The van der Waals surface area contributed by atoms with Crippen LogP contribution in [0.25, 0.3) is 5.69 Å². The van der Waals surface area contributed by atoms with E-state index in [2.05, 4.69) is 12.2 Å². The first-order valence-corrected chi connectivity index (χ1v) is 9.15. The average molecular weight is 366 g/mol. The number of anilines is 2. The average Bonchev–Trinajstić information content (AvgIpc) is 2.98. The van der Waals surface area contributed by atoms with E-state index < -0.39 is 0 Å². The lowest BCUT2D eigenvalue weighted by Crippen LogP contribution is -2.19. The van der Waals surface area contributed by atoms with E-state index in [9.17, 15) is 4.79 Å². The van der Waals surface area contributed by atoms with Crippen molar-refractivity contribution in [3.05, 3.63) is 70.4 Å². The van der Waals surface area contributed by atoms with Crippen LogP contribution in [-0.4, -0.2) is 15.6 Å². The molecule has 1 aliphatic rings. The topological polar surface area (TPSA) is 46.9 Å². The van der Waals surface area contributed by atoms with Crippen molar-refractivity contribution >= 4 is 28.9 Å². The largest absolute Gasteiger partial charge is 0.338 e. The zero-order valence-electron chi connectivity index (χ0n) is 14.8. The van der Waals surface area contributed by atoms with Crippen molar-refractivity contribution in [3.8, 4) is 5.69 Å². The van der Waals surface area contributed by atoms with Gasteiger partial charge >= 0.3 is 0 Å². The highest BCUT2D eigenvalue weighted by Gasteiger charge is 2.31. The molecule has 0 aliphatic heterocycles. The van der Waals surface area contributed by atoms with Crippen molar-refractivity contribution in [2.75, 3.05) is 5.32 Å². The van der Waals surface area contributed by atoms with Crippen LogP contribution in [0.1, 0.15) is 35.0 Å². The highest BCUT2D eigenvalue weighted by Crippen LogP contribution is 2.35. The fourth-order valence-electron chi connectivity index (χ4n) is 3.50. The molecule has 132 valence electrons. The number of nitrogens with one attached hydrogen (secondary N) is 1. The normalized spacial score (nSPS) is 16.4. The maximum atomic E-state index is 12.8. The van der Waals surface area contributed by atoms with E-state index in [1.165, 1.54) is 0 Å². The molecule has 0 radical (unpaired) electrons. The van der Waals surface area contributed by atoms with Crippen LogP contribution >= 0.6 is 11.6 Å². The second-order valence-electron chi connectivity index (χ2n) is 6.89. The molecule has 0 spiro atoms. The van der Waals surface area contributed by atoms with Crippen molar-refractivity contribution in [1.29, 1.82) is 0 Å². The van der Waals surface area contributed by atoms with Crippen molar-refractivity contribution in [1.82, 2.24) is 9.78 Å². The molecule has 4 rings (SSSR count). The maximum absolute atomic E-state index is 12.8. The number of Topliss-reactive ketones (excluding diaryl/α,β-unsaturated/α-hetero) is 1. The number of carbonyl (C=O) groups excluding carboxylic acids is 1. The minimum Gasteiger partial charge on any atom is -0.338 e. The molecule has 5 heteroatoms. The molecule has 26 heavy (non-hydrogen) atoms. The molecular weight excluding hydrogens is 346 g/mol. The van der Waals surface area contributed by atoms with E-state index in [0.717, 1.165) is 29.1 Å². The number of aromatic nitrogens is 2. The first-order valence-electron chi connectivity index (χ1n) is 8.77. The van der Waals surface area contributed by atoms with Gasteiger partial charge in [0.15, 0.2) is 11.6 Å². The number of halogens is 1. The number of fused-ring (bicyclic) bond motifs is 1. The van der Waals surface area contributed by atoms with Gasteiger partial charge in [-0.25, -0.2) is 4.68 Å². The van der Waals surface area contributed by atoms with Gasteiger partial charge in [0.2, 0.25) is 0 Å². The van der Waals surface area contributed by atoms with E-state index in [0.29, 0.717) is 28.7 Å². The van der Waals surface area contributed by atoms with Crippen LogP contribution in [0.2, 0.25) is 5.02 Å². The summed E-state index contributed by atoms with van der Waals surface area (Å²) in [5.41, 5.74) is 4.44. The van der Waals surface area contributed by atoms with E-state index in [1.54, 1.807) is 0 Å². The van der Waals surface area contributed by atoms with Gasteiger partial charge in [0.25, 0.3) is 0 Å². The Morgan fingerprint density at radius 1 is 1.12 bits per heavy atom. The molecule has 1 unspecified atom stereocenters. The zero-order valence-corrected chi connectivity index (χ0v) is 15.5. The third-order valence-electron chi connectivity index (χ3n) is 4.86. The summed E-state index contributed by atoms with van der Waals surface area (Å²) >= 11 is 6.24. The van der Waals surface area contributed by atoms with Gasteiger partial charge in [-0.05, 0) is 49.1 Å². The van der Waals surface area contributed by atoms with Gasteiger partial charge in [-0.2, -0.15) is 0 Å². The third-order valence-corrected chi connectivity index (χ3v) is 5.27. The van der Waals surface area contributed by atoms with E-state index in [-0.39, 0.29) is 5.78 Å². The van der Waals surface area contributed by atoms with Gasteiger partial charge in [-0.1, -0.05) is 42.8 Å². The summed E-state index contributed by atoms with van der Waals surface area (Å²) in [7, 11) is 0. The number of rotatable bonds is 3. The van der Waals surface area contributed by atoms with E-state index in [1.807, 2.05) is 60.1 Å². The van der Waals surface area contributed by atoms with Gasteiger partial charge in [0.05, 0.1) is 16.9 Å². The lowest BCUT2D eigenvalue weighted by Gasteiger charge is -2.19. The molecule has 4 nitrogen and oxygen atoms in total. The Morgan fingerprint density at radius 2 is 1.88 bits per heavy atom. The number of hydrogen-bond acceptors (Lipinski definition) is 3. The molecular formula is C21H20ClN3O. The summed E-state index contributed by atoms with van der Waals surface area (Å²) < 4.78 is 1.89. The van der Waals surface area contributed by atoms with Gasteiger partial charge in [0, 0.05) is 17.1 Å². The number of hydrogen-bond donors (Lipinski definition) is 1. The third kappa shape index (κ3) is 2.90. The fraction of sp³-hybridized carbons (Fsp3) is 0.238. The SMILES string of the molecule is Cc1c(Cl)cccc1Nc1nn(-c2ccccc2)c2c1C(=O)CC(C)C2. The Kier molecular flexibility index (Phi) is 4.29. The number of benzene rings is 2. The molecule has 0 saturated heterocycles. The van der Waals surface area contributed by atoms with Crippen LogP contribution in [0, 0.1) is 12.8 Å². The Morgan fingerprint density at radius 3 is 2.65 bits per heavy atom. The van der Waals surface area contributed by atoms with Crippen LogP contribution in [0.5, 0.6) is 0 Å². The molecule has 0 saturated carbocycles. The monoisotopic (exact) mass is 365 g/mol. The first-order chi connectivity index (χ1) is 12.5. The maximum Gasteiger partial charge on any atom is 0.168 e. The van der Waals surface area contributed by atoms with Gasteiger partial charge in [-0.3, -0.25) is 4.79 Å². The molecule has 2 aromatic carbocycles. The highest BCUT2D eigenvalue weighted by molar-refractivity contribution is 6.31. The zero-order chi connectivity index (χ0) is 18.3. The molecule has 1 aliphatic carbocycles. The summed E-state index contributed by atoms with van der Waals surface area (Å²) in [4.78, 5) is 12.8. The predicted octanol–water partition coefficient (Wildman–Crippen LogP) is 5.34. The Bertz CT molecular complexity index is 978. The molecule has 3 aromatic rings. The summed E-state index contributed by atoms with van der Waals surface area (Å²) in [5.74, 6) is 1.06. The Balaban J connectivity index is 1.85. The van der Waals surface area contributed by atoms with Crippen LogP contribution < -0.4 is 5.32 Å². The molecule has 1 aromatic heterocycles. The van der Waals surface area contributed by atoms with E-state index >= 15 is 0 Å². The van der Waals surface area contributed by atoms with E-state index in [4.69, 9.17) is 16.7 Å². The highest BCUT2D eigenvalue weighted by atomic mass is 35.5. The summed E-state index contributed by atoms with van der Waals surface area (Å²) in [5, 5.41) is 8.78. The molecule has 1 N–H and O–H groups in total. The van der Waals surface area contributed by atoms with Gasteiger partial charge in [-0.15, -0.1) is 5.10 Å². The van der Waals surface area contributed by atoms with Gasteiger partial charge in [0.1, 0.15) is 0 Å². The number of ketones is 1. The van der Waals surface area contributed by atoms with Crippen molar-refractivity contribution in [2.24, 2.45) is 5.92 Å².